The maximum atomic E-state index is 5.28. The van der Waals surface area contributed by atoms with E-state index in [4.69, 9.17) is 9.47 Å². The summed E-state index contributed by atoms with van der Waals surface area (Å²) >= 11 is 0. The normalized spacial score (nSPS) is 10.6. The molecule has 21 heavy (non-hydrogen) atoms. The summed E-state index contributed by atoms with van der Waals surface area (Å²) in [7, 11) is 3.22. The Balaban J connectivity index is 1.80. The summed E-state index contributed by atoms with van der Waals surface area (Å²) in [5.41, 5.74) is 1.63. The number of ether oxygens (including phenoxy) is 2. The lowest BCUT2D eigenvalue weighted by atomic mass is 10.2. The molecule has 1 N–H and O–H groups in total. The molecule has 2 aromatic heterocycles. The molecule has 0 spiro atoms. The highest BCUT2D eigenvalue weighted by Crippen LogP contribution is 2.27. The van der Waals surface area contributed by atoms with Crippen LogP contribution in [-0.4, -0.2) is 39.2 Å². The van der Waals surface area contributed by atoms with Gasteiger partial charge in [0, 0.05) is 6.54 Å². The van der Waals surface area contributed by atoms with E-state index in [1.54, 1.807) is 31.1 Å². The van der Waals surface area contributed by atoms with Crippen LogP contribution in [0.4, 0.5) is 5.82 Å². The van der Waals surface area contributed by atoms with E-state index >= 15 is 0 Å². The van der Waals surface area contributed by atoms with Gasteiger partial charge in [0.25, 0.3) is 0 Å². The first kappa shape index (κ1) is 13.1. The lowest BCUT2D eigenvalue weighted by molar-refractivity contribution is 0.354. The number of hydrogen-bond donors (Lipinski definition) is 1. The number of anilines is 1. The first-order chi connectivity index (χ1) is 10.3. The van der Waals surface area contributed by atoms with Crippen molar-refractivity contribution in [3.63, 3.8) is 0 Å². The van der Waals surface area contributed by atoms with Gasteiger partial charge >= 0.3 is 0 Å². The van der Waals surface area contributed by atoms with Crippen LogP contribution in [0.1, 0.15) is 5.56 Å². The van der Waals surface area contributed by atoms with Crippen LogP contribution in [0.15, 0.2) is 30.6 Å². The Morgan fingerprint density at radius 3 is 2.81 bits per heavy atom. The molecule has 3 aromatic rings. The monoisotopic (exact) mass is 286 g/mol. The maximum Gasteiger partial charge on any atom is 0.199 e. The number of rotatable bonds is 5. The van der Waals surface area contributed by atoms with Crippen molar-refractivity contribution in [1.82, 2.24) is 25.0 Å². The quantitative estimate of drug-likeness (QED) is 0.752. The fourth-order valence-electron chi connectivity index (χ4n) is 1.98. The van der Waals surface area contributed by atoms with Gasteiger partial charge in [0.1, 0.15) is 0 Å². The second kappa shape index (κ2) is 5.61. The largest absolute Gasteiger partial charge is 0.493 e. The number of fused-ring (bicyclic) bond motifs is 1. The van der Waals surface area contributed by atoms with Crippen molar-refractivity contribution in [2.24, 2.45) is 0 Å². The molecular formula is C13H14N6O2. The van der Waals surface area contributed by atoms with Crippen LogP contribution in [0.2, 0.25) is 0 Å². The molecule has 8 nitrogen and oxygen atoms in total. The van der Waals surface area contributed by atoms with Gasteiger partial charge in [-0.15, -0.1) is 5.10 Å². The van der Waals surface area contributed by atoms with Crippen LogP contribution in [-0.2, 0) is 6.54 Å². The van der Waals surface area contributed by atoms with Crippen LogP contribution in [0.3, 0.4) is 0 Å². The van der Waals surface area contributed by atoms with E-state index in [1.165, 1.54) is 0 Å². The highest BCUT2D eigenvalue weighted by Gasteiger charge is 2.06. The van der Waals surface area contributed by atoms with Gasteiger partial charge in [0.05, 0.1) is 26.6 Å². The minimum Gasteiger partial charge on any atom is -0.493 e. The minimum absolute atomic E-state index is 0.584. The summed E-state index contributed by atoms with van der Waals surface area (Å²) in [4.78, 5) is 4.09. The molecule has 0 aliphatic rings. The third-order valence-corrected chi connectivity index (χ3v) is 3.03. The molecule has 0 bridgehead atoms. The zero-order chi connectivity index (χ0) is 14.7. The zero-order valence-corrected chi connectivity index (χ0v) is 11.6. The van der Waals surface area contributed by atoms with Gasteiger partial charge in [-0.05, 0) is 28.1 Å². The SMILES string of the molecule is COc1ccc(CNc2cncc3nnnn23)cc1OC. The molecule has 0 aliphatic carbocycles. The molecule has 0 saturated carbocycles. The van der Waals surface area contributed by atoms with Crippen LogP contribution >= 0.6 is 0 Å². The van der Waals surface area contributed by atoms with E-state index in [0.717, 1.165) is 5.56 Å². The Kier molecular flexibility index (Phi) is 3.50. The van der Waals surface area contributed by atoms with Gasteiger partial charge in [-0.2, -0.15) is 4.52 Å². The number of tetrazole rings is 1. The molecule has 0 atom stereocenters. The summed E-state index contributed by atoms with van der Waals surface area (Å²) in [5, 5.41) is 14.6. The van der Waals surface area contributed by atoms with Gasteiger partial charge in [-0.1, -0.05) is 6.07 Å². The highest BCUT2D eigenvalue weighted by atomic mass is 16.5. The van der Waals surface area contributed by atoms with E-state index in [-0.39, 0.29) is 0 Å². The second-order valence-corrected chi connectivity index (χ2v) is 4.28. The number of methoxy groups -OCH3 is 2. The van der Waals surface area contributed by atoms with E-state index in [0.29, 0.717) is 29.5 Å². The first-order valence-electron chi connectivity index (χ1n) is 6.28. The van der Waals surface area contributed by atoms with Gasteiger partial charge in [0.15, 0.2) is 23.0 Å². The summed E-state index contributed by atoms with van der Waals surface area (Å²) in [6, 6.07) is 5.74. The van der Waals surface area contributed by atoms with Crippen molar-refractivity contribution in [2.75, 3.05) is 19.5 Å². The van der Waals surface area contributed by atoms with Crippen molar-refractivity contribution in [1.29, 1.82) is 0 Å². The number of aromatic nitrogens is 5. The van der Waals surface area contributed by atoms with E-state index in [9.17, 15) is 0 Å². The fraction of sp³-hybridized carbons (Fsp3) is 0.231. The van der Waals surface area contributed by atoms with Gasteiger partial charge in [-0.3, -0.25) is 4.98 Å². The van der Waals surface area contributed by atoms with Crippen LogP contribution in [0.5, 0.6) is 11.5 Å². The summed E-state index contributed by atoms with van der Waals surface area (Å²) in [6.45, 7) is 0.584. The summed E-state index contributed by atoms with van der Waals surface area (Å²) < 4.78 is 12.1. The second-order valence-electron chi connectivity index (χ2n) is 4.28. The fourth-order valence-corrected chi connectivity index (χ4v) is 1.98. The molecule has 0 saturated heterocycles. The lowest BCUT2D eigenvalue weighted by Crippen LogP contribution is -2.06. The molecule has 0 unspecified atom stereocenters. The third-order valence-electron chi connectivity index (χ3n) is 3.03. The standard InChI is InChI=1S/C13H14N6O2/c1-20-10-4-3-9(5-11(10)21-2)6-15-12-7-14-8-13-16-17-18-19(12)13/h3-5,7-8,15H,6H2,1-2H3. The Hall–Kier alpha value is -2.90. The van der Waals surface area contributed by atoms with E-state index in [2.05, 4.69) is 25.8 Å². The van der Waals surface area contributed by atoms with Crippen molar-refractivity contribution in [3.8, 4) is 11.5 Å². The van der Waals surface area contributed by atoms with Gasteiger partial charge < -0.3 is 14.8 Å². The van der Waals surface area contributed by atoms with Crippen LogP contribution < -0.4 is 14.8 Å². The molecule has 1 aromatic carbocycles. The van der Waals surface area contributed by atoms with E-state index in [1.807, 2.05) is 18.2 Å². The molecule has 108 valence electrons. The van der Waals surface area contributed by atoms with Crippen molar-refractivity contribution < 1.29 is 9.47 Å². The zero-order valence-electron chi connectivity index (χ0n) is 11.6. The molecule has 0 fully saturated rings. The van der Waals surface area contributed by atoms with Crippen LogP contribution in [0.25, 0.3) is 5.65 Å². The number of hydrogen-bond acceptors (Lipinski definition) is 7. The number of nitrogens with zero attached hydrogens (tertiary/aromatic N) is 5. The maximum absolute atomic E-state index is 5.28. The predicted octanol–water partition coefficient (Wildman–Crippen LogP) is 1.15. The Morgan fingerprint density at radius 1 is 1.14 bits per heavy atom. The van der Waals surface area contributed by atoms with E-state index < -0.39 is 0 Å². The average Bonchev–Trinajstić information content (AvgIpc) is 3.01. The molecule has 0 radical (unpaired) electrons. The topological polar surface area (TPSA) is 86.5 Å². The molecular weight excluding hydrogens is 272 g/mol. The van der Waals surface area contributed by atoms with Gasteiger partial charge in [-0.25, -0.2) is 0 Å². The summed E-state index contributed by atoms with van der Waals surface area (Å²) in [6.07, 6.45) is 3.27. The third kappa shape index (κ3) is 2.55. The van der Waals surface area contributed by atoms with Gasteiger partial charge in [0.2, 0.25) is 0 Å². The average molecular weight is 286 g/mol. The lowest BCUT2D eigenvalue weighted by Gasteiger charge is -2.11. The predicted molar refractivity (Wildman–Crippen MR) is 75.4 cm³/mol. The molecule has 0 amide bonds. The molecule has 2 heterocycles. The Labute approximate surface area is 120 Å². The smallest absolute Gasteiger partial charge is 0.199 e. The Bertz CT molecular complexity index is 757. The molecule has 3 rings (SSSR count). The molecule has 8 heteroatoms. The highest BCUT2D eigenvalue weighted by molar-refractivity contribution is 5.46. The summed E-state index contributed by atoms with van der Waals surface area (Å²) in [5.74, 6) is 2.10. The van der Waals surface area contributed by atoms with Crippen LogP contribution in [0, 0.1) is 0 Å². The minimum atomic E-state index is 0.584. The molecule has 0 aliphatic heterocycles. The van der Waals surface area contributed by atoms with Crippen molar-refractivity contribution in [2.45, 2.75) is 6.54 Å². The Morgan fingerprint density at radius 2 is 2.00 bits per heavy atom. The number of nitrogens with one attached hydrogen (secondary N) is 1. The van der Waals surface area contributed by atoms with Crippen molar-refractivity contribution >= 4 is 11.5 Å². The number of benzene rings is 1. The van der Waals surface area contributed by atoms with Crippen molar-refractivity contribution in [3.05, 3.63) is 36.2 Å². The first-order valence-corrected chi connectivity index (χ1v) is 6.28.